The number of hydrogen-bond acceptors (Lipinski definition) is 5. The fraction of sp³-hybridized carbons (Fsp3) is 0.500. The molecule has 1 saturated heterocycles. The number of aromatic nitrogens is 1. The van der Waals surface area contributed by atoms with Crippen molar-refractivity contribution in [1.82, 2.24) is 9.88 Å². The summed E-state index contributed by atoms with van der Waals surface area (Å²) in [5, 5.41) is 0. The normalized spacial score (nSPS) is 22.8. The summed E-state index contributed by atoms with van der Waals surface area (Å²) in [7, 11) is 0. The number of aliphatic imine (C=N–C) groups is 1. The van der Waals surface area contributed by atoms with Crippen molar-refractivity contribution < 1.29 is 13.6 Å². The third kappa shape index (κ3) is 2.07. The Morgan fingerprint density at radius 3 is 2.90 bits per heavy atom. The largest absolute Gasteiger partial charge is 0.369 e. The van der Waals surface area contributed by atoms with Crippen LogP contribution in [0, 0.1) is 5.92 Å². The van der Waals surface area contributed by atoms with E-state index in [1.165, 1.54) is 6.20 Å². The summed E-state index contributed by atoms with van der Waals surface area (Å²) in [6, 6.07) is -1.97. The number of guanidine groups is 1. The highest BCUT2D eigenvalue weighted by Gasteiger charge is 2.51. The Hall–Kier alpha value is -2.05. The zero-order chi connectivity index (χ0) is 15.4. The zero-order valence-electron chi connectivity index (χ0n) is 11.8. The molecule has 2 N–H and O–H groups in total. The van der Waals surface area contributed by atoms with Gasteiger partial charge in [0.05, 0.1) is 17.9 Å². The number of ketones is 1. The van der Waals surface area contributed by atoms with Crippen LogP contribution >= 0.6 is 0 Å². The molecule has 3 heterocycles. The lowest BCUT2D eigenvalue weighted by atomic mass is 9.98. The van der Waals surface area contributed by atoms with Gasteiger partial charge in [0.2, 0.25) is 5.96 Å². The molecule has 2 aliphatic heterocycles. The van der Waals surface area contributed by atoms with Crippen molar-refractivity contribution in [2.75, 3.05) is 0 Å². The maximum absolute atomic E-state index is 13.9. The maximum Gasteiger partial charge on any atom is 0.328 e. The molecule has 7 heteroatoms. The first-order chi connectivity index (χ1) is 9.81. The van der Waals surface area contributed by atoms with Crippen LogP contribution in [0.2, 0.25) is 0 Å². The minimum Gasteiger partial charge on any atom is -0.369 e. The van der Waals surface area contributed by atoms with E-state index < -0.39 is 12.1 Å². The van der Waals surface area contributed by atoms with Crippen molar-refractivity contribution in [2.24, 2.45) is 16.6 Å². The topological polar surface area (TPSA) is 71.6 Å². The lowest BCUT2D eigenvalue weighted by Crippen LogP contribution is -2.47. The molecular weight excluding hydrogens is 278 g/mol. The van der Waals surface area contributed by atoms with Crippen LogP contribution in [0.15, 0.2) is 17.3 Å². The van der Waals surface area contributed by atoms with E-state index in [2.05, 4.69) is 9.98 Å². The van der Waals surface area contributed by atoms with Gasteiger partial charge >= 0.3 is 6.05 Å². The van der Waals surface area contributed by atoms with Gasteiger partial charge in [0.25, 0.3) is 0 Å². The molecule has 0 saturated carbocycles. The molecule has 0 amide bonds. The molecule has 3 rings (SSSR count). The summed E-state index contributed by atoms with van der Waals surface area (Å²) in [5.41, 5.74) is 7.01. The van der Waals surface area contributed by atoms with E-state index in [4.69, 9.17) is 5.73 Å². The van der Waals surface area contributed by atoms with E-state index >= 15 is 0 Å². The quantitative estimate of drug-likeness (QED) is 0.672. The molecule has 1 aromatic rings. The Bertz CT molecular complexity index is 642. The van der Waals surface area contributed by atoms with Crippen molar-refractivity contribution in [1.29, 1.82) is 0 Å². The first-order valence-electron chi connectivity index (χ1n) is 6.87. The lowest BCUT2D eigenvalue weighted by molar-refractivity contribution is -0.0941. The van der Waals surface area contributed by atoms with Crippen molar-refractivity contribution >= 4 is 17.4 Å². The van der Waals surface area contributed by atoms with E-state index in [1.807, 2.05) is 0 Å². The second-order valence-electron chi connectivity index (χ2n) is 5.71. The van der Waals surface area contributed by atoms with Crippen LogP contribution in [-0.4, -0.2) is 27.7 Å². The van der Waals surface area contributed by atoms with Crippen LogP contribution in [0.4, 0.5) is 14.5 Å². The average molecular weight is 294 g/mol. The number of alkyl halides is 2. The van der Waals surface area contributed by atoms with Gasteiger partial charge in [-0.05, 0) is 12.5 Å². The number of nitrogens with zero attached hydrogens (tertiary/aromatic N) is 3. The van der Waals surface area contributed by atoms with Gasteiger partial charge in [-0.1, -0.05) is 13.8 Å². The van der Waals surface area contributed by atoms with Gasteiger partial charge in [0.15, 0.2) is 5.78 Å². The Morgan fingerprint density at radius 1 is 1.52 bits per heavy atom. The minimum absolute atomic E-state index is 0.114. The molecule has 5 nitrogen and oxygen atoms in total. The van der Waals surface area contributed by atoms with Crippen molar-refractivity contribution in [3.05, 3.63) is 23.5 Å². The van der Waals surface area contributed by atoms with Gasteiger partial charge in [0, 0.05) is 17.9 Å². The lowest BCUT2D eigenvalue weighted by Gasteiger charge is -2.34. The van der Waals surface area contributed by atoms with E-state index in [-0.39, 0.29) is 36.2 Å². The highest BCUT2D eigenvalue weighted by molar-refractivity contribution is 5.96. The first kappa shape index (κ1) is 13.9. The van der Waals surface area contributed by atoms with Gasteiger partial charge in [-0.2, -0.15) is 8.78 Å². The highest BCUT2D eigenvalue weighted by Crippen LogP contribution is 2.48. The summed E-state index contributed by atoms with van der Waals surface area (Å²) in [4.78, 5) is 21.0. The highest BCUT2D eigenvalue weighted by atomic mass is 19.3. The summed E-state index contributed by atoms with van der Waals surface area (Å²) in [6.45, 7) is 3.55. The van der Waals surface area contributed by atoms with E-state index in [1.54, 1.807) is 19.9 Å². The first-order valence-corrected chi connectivity index (χ1v) is 6.87. The molecule has 21 heavy (non-hydrogen) atoms. The van der Waals surface area contributed by atoms with Crippen molar-refractivity contribution in [3.8, 4) is 0 Å². The molecule has 1 atom stereocenters. The molecule has 112 valence electrons. The third-order valence-electron chi connectivity index (χ3n) is 3.91. The zero-order valence-corrected chi connectivity index (χ0v) is 11.8. The summed E-state index contributed by atoms with van der Waals surface area (Å²) < 4.78 is 27.8. The molecule has 0 spiro atoms. The van der Waals surface area contributed by atoms with Gasteiger partial charge in [-0.3, -0.25) is 14.7 Å². The fourth-order valence-corrected chi connectivity index (χ4v) is 2.84. The fourth-order valence-electron chi connectivity index (χ4n) is 2.84. The Balaban J connectivity index is 2.08. The number of carbonyl (C=O) groups is 1. The van der Waals surface area contributed by atoms with Gasteiger partial charge in [-0.25, -0.2) is 4.99 Å². The summed E-state index contributed by atoms with van der Waals surface area (Å²) >= 11 is 0. The van der Waals surface area contributed by atoms with Crippen molar-refractivity contribution in [2.45, 2.75) is 38.8 Å². The van der Waals surface area contributed by atoms with Crippen LogP contribution in [0.25, 0.3) is 0 Å². The maximum atomic E-state index is 13.9. The van der Waals surface area contributed by atoms with Crippen LogP contribution in [-0.2, 0) is 0 Å². The van der Waals surface area contributed by atoms with Gasteiger partial charge < -0.3 is 5.73 Å². The van der Waals surface area contributed by atoms with Crippen molar-refractivity contribution in [3.63, 3.8) is 0 Å². The van der Waals surface area contributed by atoms with Crippen LogP contribution in [0.3, 0.4) is 0 Å². The van der Waals surface area contributed by atoms with E-state index in [0.29, 0.717) is 11.3 Å². The molecule has 0 aliphatic carbocycles. The smallest absolute Gasteiger partial charge is 0.328 e. The van der Waals surface area contributed by atoms with Crippen LogP contribution in [0.5, 0.6) is 0 Å². The Labute approximate surface area is 120 Å². The molecule has 0 bridgehead atoms. The number of rotatable bonds is 2. The predicted molar refractivity (Wildman–Crippen MR) is 73.4 cm³/mol. The van der Waals surface area contributed by atoms with Crippen LogP contribution < -0.4 is 5.73 Å². The third-order valence-corrected chi connectivity index (χ3v) is 3.91. The predicted octanol–water partition coefficient (Wildman–Crippen LogP) is 2.61. The second kappa shape index (κ2) is 4.47. The number of hydrogen-bond donors (Lipinski definition) is 1. The number of nitrogens with two attached hydrogens (primary N) is 1. The standard InChI is InChI=1S/C14H16F2N4O/c1-7(2)12(21)9-5-8-10(6-18-9)19-13(17)20-11(8)3-4-14(20,15)16/h5-7,11H,3-4H2,1-2H3,(H2,17,19). The van der Waals surface area contributed by atoms with Gasteiger partial charge in [-0.15, -0.1) is 0 Å². The Morgan fingerprint density at radius 2 is 2.24 bits per heavy atom. The molecular formula is C14H16F2N4O. The summed E-state index contributed by atoms with van der Waals surface area (Å²) in [6.07, 6.45) is 1.43. The number of pyridine rings is 1. The molecule has 0 radical (unpaired) electrons. The average Bonchev–Trinajstić information content (AvgIpc) is 2.74. The summed E-state index contributed by atoms with van der Waals surface area (Å²) in [5.74, 6) is -0.509. The van der Waals surface area contributed by atoms with E-state index in [9.17, 15) is 13.6 Å². The monoisotopic (exact) mass is 294 g/mol. The second-order valence-corrected chi connectivity index (χ2v) is 5.71. The molecule has 1 unspecified atom stereocenters. The SMILES string of the molecule is CC(C)C(=O)c1cc2c(cn1)N=C(N)N1C2CCC1(F)F. The number of fused-ring (bicyclic) bond motifs is 3. The number of carbonyl (C=O) groups excluding carboxylic acids is 1. The minimum atomic E-state index is -3.00. The molecule has 0 aromatic carbocycles. The van der Waals surface area contributed by atoms with Crippen LogP contribution in [0.1, 0.15) is 48.8 Å². The van der Waals surface area contributed by atoms with E-state index in [0.717, 1.165) is 4.90 Å². The van der Waals surface area contributed by atoms with Gasteiger partial charge in [0.1, 0.15) is 5.69 Å². The molecule has 1 aromatic heterocycles. The Kier molecular flexibility index (Phi) is 2.96. The number of Topliss-reactive ketones (excluding diaryl/α,β-unsaturated/α-hetero) is 1. The molecule has 2 aliphatic rings. The molecule has 1 fully saturated rings. The number of halogens is 2.